The molecule has 9 nitrogen and oxygen atoms in total. The highest BCUT2D eigenvalue weighted by Gasteiger charge is 2.49. The number of urea groups is 1. The van der Waals surface area contributed by atoms with Crippen molar-refractivity contribution in [1.29, 1.82) is 0 Å². The first-order valence-corrected chi connectivity index (χ1v) is 8.40. The van der Waals surface area contributed by atoms with Gasteiger partial charge in [0.15, 0.2) is 12.0 Å². The average Bonchev–Trinajstić information content (AvgIpc) is 2.92. The van der Waals surface area contributed by atoms with Gasteiger partial charge in [0, 0.05) is 40.0 Å². The molecule has 0 spiro atoms. The van der Waals surface area contributed by atoms with Gasteiger partial charge in [0.05, 0.1) is 6.61 Å². The van der Waals surface area contributed by atoms with Crippen molar-refractivity contribution in [3.05, 3.63) is 0 Å². The van der Waals surface area contributed by atoms with Crippen molar-refractivity contribution in [2.75, 3.05) is 46.6 Å². The molecule has 2 fully saturated rings. The van der Waals surface area contributed by atoms with Gasteiger partial charge in [-0.25, -0.2) is 4.79 Å². The quantitative estimate of drug-likeness (QED) is 0.554. The summed E-state index contributed by atoms with van der Waals surface area (Å²) in [5.41, 5.74) is 0. The highest BCUT2D eigenvalue weighted by atomic mass is 16.5. The van der Waals surface area contributed by atoms with Crippen LogP contribution in [0, 0.1) is 0 Å². The molecule has 0 aromatic carbocycles. The lowest BCUT2D eigenvalue weighted by molar-refractivity contribution is -0.127. The monoisotopic (exact) mass is 341 g/mol. The van der Waals surface area contributed by atoms with Gasteiger partial charge in [-0.05, 0) is 20.3 Å². The van der Waals surface area contributed by atoms with Crippen LogP contribution in [0.2, 0.25) is 0 Å². The molecule has 9 heteroatoms. The van der Waals surface area contributed by atoms with Crippen LogP contribution in [0.1, 0.15) is 20.3 Å². The fraction of sp³-hybridized carbons (Fsp3) is 0.800. The van der Waals surface area contributed by atoms with E-state index in [0.29, 0.717) is 45.5 Å². The lowest BCUT2D eigenvalue weighted by atomic mass is 10.1. The van der Waals surface area contributed by atoms with E-state index in [1.165, 1.54) is 4.90 Å². The van der Waals surface area contributed by atoms with Gasteiger partial charge in [-0.15, -0.1) is 0 Å². The first-order valence-electron chi connectivity index (χ1n) is 8.40. The fourth-order valence-electron chi connectivity index (χ4n) is 2.77. The van der Waals surface area contributed by atoms with Crippen molar-refractivity contribution >= 4 is 17.9 Å². The normalized spacial score (nSPS) is 25.0. The first-order chi connectivity index (χ1) is 11.6. The van der Waals surface area contributed by atoms with Crippen molar-refractivity contribution in [2.45, 2.75) is 32.5 Å². The zero-order valence-corrected chi connectivity index (χ0v) is 14.6. The second-order valence-electron chi connectivity index (χ2n) is 5.59. The number of fused-ring (bicyclic) bond motifs is 1. The minimum atomic E-state index is -0.501. The maximum Gasteiger partial charge on any atom is 0.325 e. The van der Waals surface area contributed by atoms with E-state index in [-0.39, 0.29) is 5.91 Å². The number of carbonyl (C=O) groups is 2. The molecular formula is C15H27N5O4. The molecule has 2 aliphatic rings. The minimum Gasteiger partial charge on any atom is -0.382 e. The maximum absolute atomic E-state index is 12.3. The minimum absolute atomic E-state index is 0.313. The Morgan fingerprint density at radius 2 is 1.88 bits per heavy atom. The van der Waals surface area contributed by atoms with Crippen molar-refractivity contribution in [3.8, 4) is 0 Å². The molecule has 0 radical (unpaired) electrons. The first kappa shape index (κ1) is 18.5. The number of hydrogen-bond donors (Lipinski definition) is 2. The van der Waals surface area contributed by atoms with Gasteiger partial charge >= 0.3 is 6.03 Å². The van der Waals surface area contributed by atoms with E-state index in [9.17, 15) is 9.59 Å². The van der Waals surface area contributed by atoms with Gasteiger partial charge in [-0.2, -0.15) is 0 Å². The number of rotatable bonds is 9. The summed E-state index contributed by atoms with van der Waals surface area (Å²) in [6.07, 6.45) is 0.382. The number of nitrogens with zero attached hydrogens (tertiary/aromatic N) is 3. The molecule has 0 saturated carbocycles. The van der Waals surface area contributed by atoms with E-state index in [4.69, 9.17) is 9.47 Å². The third-order valence-electron chi connectivity index (χ3n) is 4.01. The summed E-state index contributed by atoms with van der Waals surface area (Å²) in [4.78, 5) is 32.0. The Labute approximate surface area is 142 Å². The molecule has 0 bridgehead atoms. The Bertz CT molecular complexity index is 484. The predicted molar refractivity (Wildman–Crippen MR) is 88.6 cm³/mol. The van der Waals surface area contributed by atoms with Gasteiger partial charge < -0.3 is 24.6 Å². The number of amides is 3. The van der Waals surface area contributed by atoms with E-state index >= 15 is 0 Å². The SMILES string of the molecule is CCOCCCN=C1NC2C(C(=O)NC(=O)N2C)N1CCOCC. The predicted octanol–water partition coefficient (Wildman–Crippen LogP) is -0.413. The summed E-state index contributed by atoms with van der Waals surface area (Å²) in [7, 11) is 1.66. The third kappa shape index (κ3) is 4.15. The van der Waals surface area contributed by atoms with Gasteiger partial charge in [0.1, 0.15) is 6.17 Å². The summed E-state index contributed by atoms with van der Waals surface area (Å²) in [5, 5.41) is 5.57. The number of guanidine groups is 1. The molecular weight excluding hydrogens is 314 g/mol. The second kappa shape index (κ2) is 8.84. The molecule has 0 aromatic rings. The van der Waals surface area contributed by atoms with Gasteiger partial charge in [0.2, 0.25) is 0 Å². The summed E-state index contributed by atoms with van der Waals surface area (Å²) in [6, 6.07) is -0.907. The zero-order chi connectivity index (χ0) is 17.5. The number of hydrogen-bond acceptors (Lipinski definition) is 5. The van der Waals surface area contributed by atoms with E-state index in [1.54, 1.807) is 7.05 Å². The van der Waals surface area contributed by atoms with Crippen LogP contribution in [0.5, 0.6) is 0 Å². The molecule has 2 rings (SSSR count). The summed E-state index contributed by atoms with van der Waals surface area (Å²) in [5.74, 6) is 0.310. The number of carbonyl (C=O) groups excluding carboxylic acids is 2. The van der Waals surface area contributed by atoms with Gasteiger partial charge in [-0.3, -0.25) is 15.1 Å². The number of imide groups is 1. The molecule has 136 valence electrons. The lowest BCUT2D eigenvalue weighted by Crippen LogP contribution is -2.65. The summed E-state index contributed by atoms with van der Waals surface area (Å²) >= 11 is 0. The van der Waals surface area contributed by atoms with Crippen molar-refractivity contribution in [2.24, 2.45) is 4.99 Å². The molecule has 2 heterocycles. The largest absolute Gasteiger partial charge is 0.382 e. The molecule has 24 heavy (non-hydrogen) atoms. The lowest BCUT2D eigenvalue weighted by Gasteiger charge is -2.35. The highest BCUT2D eigenvalue weighted by molar-refractivity contribution is 6.04. The Morgan fingerprint density at radius 1 is 1.17 bits per heavy atom. The van der Waals surface area contributed by atoms with E-state index in [2.05, 4.69) is 15.6 Å². The van der Waals surface area contributed by atoms with Crippen LogP contribution in [0.3, 0.4) is 0 Å². The number of ether oxygens (including phenoxy) is 2. The van der Waals surface area contributed by atoms with Crippen LogP contribution < -0.4 is 10.6 Å². The van der Waals surface area contributed by atoms with Crippen LogP contribution in [0.4, 0.5) is 4.79 Å². The summed E-state index contributed by atoms with van der Waals surface area (Å²) < 4.78 is 10.7. The van der Waals surface area contributed by atoms with Crippen LogP contribution >= 0.6 is 0 Å². The van der Waals surface area contributed by atoms with Crippen LogP contribution in [0.25, 0.3) is 0 Å². The van der Waals surface area contributed by atoms with Crippen LogP contribution in [-0.2, 0) is 14.3 Å². The fourth-order valence-corrected chi connectivity index (χ4v) is 2.77. The smallest absolute Gasteiger partial charge is 0.325 e. The average molecular weight is 341 g/mol. The van der Waals surface area contributed by atoms with Gasteiger partial charge in [0.25, 0.3) is 5.91 Å². The van der Waals surface area contributed by atoms with Crippen LogP contribution in [-0.4, -0.2) is 86.5 Å². The zero-order valence-electron chi connectivity index (χ0n) is 14.6. The molecule has 3 amide bonds. The topological polar surface area (TPSA) is 95.5 Å². The van der Waals surface area contributed by atoms with Crippen molar-refractivity contribution in [1.82, 2.24) is 20.4 Å². The number of likely N-dealkylation sites (N-methyl/N-ethyl adjacent to an activating group) is 1. The van der Waals surface area contributed by atoms with E-state index in [0.717, 1.165) is 6.42 Å². The maximum atomic E-state index is 12.3. The Kier molecular flexibility index (Phi) is 6.80. The molecule has 2 unspecified atom stereocenters. The Balaban J connectivity index is 2.07. The second-order valence-corrected chi connectivity index (χ2v) is 5.59. The molecule has 2 N–H and O–H groups in total. The van der Waals surface area contributed by atoms with E-state index < -0.39 is 18.2 Å². The van der Waals surface area contributed by atoms with Gasteiger partial charge in [-0.1, -0.05) is 0 Å². The Hall–Kier alpha value is -1.87. The Morgan fingerprint density at radius 3 is 2.58 bits per heavy atom. The summed E-state index contributed by atoms with van der Waals surface area (Å²) in [6.45, 7) is 7.44. The molecule has 2 atom stereocenters. The number of aliphatic imine (C=N–C) groups is 1. The molecule has 0 aromatic heterocycles. The number of nitrogens with one attached hydrogen (secondary N) is 2. The highest BCUT2D eigenvalue weighted by Crippen LogP contribution is 2.20. The van der Waals surface area contributed by atoms with Crippen molar-refractivity contribution in [3.63, 3.8) is 0 Å². The third-order valence-corrected chi connectivity index (χ3v) is 4.01. The standard InChI is InChI=1S/C15H27N5O4/c1-4-23-9-6-7-16-14-17-12-11(20(14)8-10-24-5-2)13(21)18-15(22)19(12)3/h11-12H,4-10H2,1-3H3,(H,16,17)(H,18,21,22). The van der Waals surface area contributed by atoms with Crippen LogP contribution in [0.15, 0.2) is 4.99 Å². The van der Waals surface area contributed by atoms with Crippen molar-refractivity contribution < 1.29 is 19.1 Å². The molecule has 2 aliphatic heterocycles. The molecule has 0 aliphatic carbocycles. The van der Waals surface area contributed by atoms with E-state index in [1.807, 2.05) is 18.7 Å². The molecule has 2 saturated heterocycles.